The number of halogens is 2. The molecule has 0 saturated heterocycles. The number of hydrogen-bond acceptors (Lipinski definition) is 5. The molecule has 0 unspecified atom stereocenters. The second-order valence-electron chi connectivity index (χ2n) is 7.83. The highest BCUT2D eigenvalue weighted by molar-refractivity contribution is 6.00. The summed E-state index contributed by atoms with van der Waals surface area (Å²) in [6.07, 6.45) is 4.12. The van der Waals surface area contributed by atoms with Crippen LogP contribution in [0.3, 0.4) is 0 Å². The highest BCUT2D eigenvalue weighted by Gasteiger charge is 2.33. The van der Waals surface area contributed by atoms with Gasteiger partial charge in [-0.1, -0.05) is 24.3 Å². The van der Waals surface area contributed by atoms with E-state index in [4.69, 9.17) is 4.74 Å². The minimum absolute atomic E-state index is 0.0297. The van der Waals surface area contributed by atoms with Crippen LogP contribution in [0.2, 0.25) is 0 Å². The Morgan fingerprint density at radius 1 is 0.972 bits per heavy atom. The average Bonchev–Trinajstić information content (AvgIpc) is 2.91. The first-order chi connectivity index (χ1) is 17.4. The van der Waals surface area contributed by atoms with Gasteiger partial charge in [0.05, 0.1) is 13.3 Å². The topological polar surface area (TPSA) is 84.4 Å². The van der Waals surface area contributed by atoms with Crippen LogP contribution in [-0.2, 0) is 11.3 Å². The molecule has 1 atom stereocenters. The summed E-state index contributed by atoms with van der Waals surface area (Å²) in [7, 11) is 1.49. The lowest BCUT2D eigenvalue weighted by atomic mass is 10.0. The van der Waals surface area contributed by atoms with Gasteiger partial charge in [0.2, 0.25) is 0 Å². The summed E-state index contributed by atoms with van der Waals surface area (Å²) in [6.45, 7) is -0.0333. The number of nitrogens with one attached hydrogen (secondary N) is 1. The Balaban J connectivity index is 1.80. The summed E-state index contributed by atoms with van der Waals surface area (Å²) >= 11 is 0. The molecule has 9 heteroatoms. The van der Waals surface area contributed by atoms with Crippen LogP contribution in [-0.4, -0.2) is 33.8 Å². The van der Waals surface area contributed by atoms with Gasteiger partial charge in [-0.15, -0.1) is 0 Å². The Morgan fingerprint density at radius 2 is 1.67 bits per heavy atom. The Labute approximate surface area is 206 Å². The van der Waals surface area contributed by atoms with E-state index in [0.29, 0.717) is 22.6 Å². The van der Waals surface area contributed by atoms with E-state index in [1.807, 2.05) is 0 Å². The number of carbonyl (C=O) groups is 2. The van der Waals surface area contributed by atoms with E-state index in [2.05, 4.69) is 15.3 Å². The van der Waals surface area contributed by atoms with Crippen molar-refractivity contribution in [1.82, 2.24) is 14.9 Å². The number of carbonyl (C=O) groups excluding carboxylic acids is 2. The van der Waals surface area contributed by atoms with Crippen LogP contribution < -0.4 is 10.1 Å². The Morgan fingerprint density at radius 3 is 2.31 bits per heavy atom. The smallest absolute Gasteiger partial charge is 0.275 e. The quantitative estimate of drug-likeness (QED) is 0.386. The van der Waals surface area contributed by atoms with Crippen molar-refractivity contribution in [3.8, 4) is 5.75 Å². The molecule has 0 fully saturated rings. The molecular weight excluding hydrogens is 466 g/mol. The summed E-state index contributed by atoms with van der Waals surface area (Å²) in [5, 5.41) is 2.75. The molecule has 36 heavy (non-hydrogen) atoms. The normalized spacial score (nSPS) is 11.4. The van der Waals surface area contributed by atoms with Crippen molar-refractivity contribution >= 4 is 17.5 Å². The third-order valence-corrected chi connectivity index (χ3v) is 5.39. The van der Waals surface area contributed by atoms with Gasteiger partial charge in [-0.05, 0) is 59.7 Å². The number of benzene rings is 3. The number of amides is 2. The molecule has 3 aromatic carbocycles. The van der Waals surface area contributed by atoms with E-state index in [-0.39, 0.29) is 12.2 Å². The van der Waals surface area contributed by atoms with E-state index in [0.717, 1.165) is 0 Å². The van der Waals surface area contributed by atoms with Crippen LogP contribution in [0.1, 0.15) is 27.7 Å². The molecule has 0 bridgehead atoms. The van der Waals surface area contributed by atoms with Crippen molar-refractivity contribution in [2.75, 3.05) is 12.4 Å². The molecule has 1 heterocycles. The van der Waals surface area contributed by atoms with Crippen molar-refractivity contribution in [2.45, 2.75) is 12.6 Å². The van der Waals surface area contributed by atoms with Crippen LogP contribution in [0, 0.1) is 11.6 Å². The molecule has 7 nitrogen and oxygen atoms in total. The monoisotopic (exact) mass is 488 g/mol. The molecule has 0 saturated carbocycles. The van der Waals surface area contributed by atoms with Crippen molar-refractivity contribution in [1.29, 1.82) is 0 Å². The van der Waals surface area contributed by atoms with Crippen molar-refractivity contribution in [2.24, 2.45) is 0 Å². The second-order valence-corrected chi connectivity index (χ2v) is 7.83. The fourth-order valence-corrected chi connectivity index (χ4v) is 3.65. The highest BCUT2D eigenvalue weighted by Crippen LogP contribution is 2.29. The lowest BCUT2D eigenvalue weighted by molar-refractivity contribution is -0.121. The fourth-order valence-electron chi connectivity index (χ4n) is 3.65. The molecule has 2 amide bonds. The molecule has 0 spiro atoms. The minimum Gasteiger partial charge on any atom is -0.497 e. The van der Waals surface area contributed by atoms with Gasteiger partial charge in [0, 0.05) is 24.6 Å². The van der Waals surface area contributed by atoms with Gasteiger partial charge in [0.15, 0.2) is 0 Å². The molecular formula is C27H22F2N4O3. The van der Waals surface area contributed by atoms with E-state index in [1.54, 1.807) is 24.3 Å². The lowest BCUT2D eigenvalue weighted by Gasteiger charge is -2.31. The summed E-state index contributed by atoms with van der Waals surface area (Å²) in [5.74, 6) is -1.50. The second kappa shape index (κ2) is 11.2. The first-order valence-corrected chi connectivity index (χ1v) is 11.0. The number of methoxy groups -OCH3 is 1. The first-order valence-electron chi connectivity index (χ1n) is 11.0. The molecule has 0 radical (unpaired) electrons. The zero-order chi connectivity index (χ0) is 25.5. The van der Waals surface area contributed by atoms with Gasteiger partial charge in [-0.25, -0.2) is 13.8 Å². The van der Waals surface area contributed by atoms with Crippen LogP contribution in [0.15, 0.2) is 91.4 Å². The highest BCUT2D eigenvalue weighted by atomic mass is 19.1. The predicted molar refractivity (Wildman–Crippen MR) is 129 cm³/mol. The van der Waals surface area contributed by atoms with Gasteiger partial charge in [-0.3, -0.25) is 14.6 Å². The van der Waals surface area contributed by atoms with Gasteiger partial charge in [-0.2, -0.15) is 0 Å². The number of nitrogens with zero attached hydrogens (tertiary/aromatic N) is 3. The zero-order valence-corrected chi connectivity index (χ0v) is 19.3. The Bertz CT molecular complexity index is 1330. The number of anilines is 1. The third kappa shape index (κ3) is 5.87. The van der Waals surface area contributed by atoms with Gasteiger partial charge in [0.1, 0.15) is 29.1 Å². The van der Waals surface area contributed by atoms with E-state index >= 15 is 0 Å². The maximum Gasteiger partial charge on any atom is 0.275 e. The Kier molecular flexibility index (Phi) is 7.60. The minimum atomic E-state index is -1.15. The number of rotatable bonds is 8. The van der Waals surface area contributed by atoms with E-state index < -0.39 is 29.5 Å². The maximum atomic E-state index is 13.7. The largest absolute Gasteiger partial charge is 0.497 e. The molecule has 0 aliphatic carbocycles. The van der Waals surface area contributed by atoms with Crippen LogP contribution in [0.25, 0.3) is 0 Å². The van der Waals surface area contributed by atoms with E-state index in [1.165, 1.54) is 79.1 Å². The molecule has 1 aromatic heterocycles. The van der Waals surface area contributed by atoms with Crippen LogP contribution in [0.4, 0.5) is 14.5 Å². The van der Waals surface area contributed by atoms with Crippen molar-refractivity contribution < 1.29 is 23.1 Å². The summed E-state index contributed by atoms with van der Waals surface area (Å²) < 4.78 is 32.3. The number of hydrogen-bond donors (Lipinski definition) is 1. The van der Waals surface area contributed by atoms with E-state index in [9.17, 15) is 18.4 Å². The van der Waals surface area contributed by atoms with Crippen LogP contribution in [0.5, 0.6) is 5.75 Å². The van der Waals surface area contributed by atoms with Gasteiger partial charge >= 0.3 is 0 Å². The molecule has 0 aliphatic rings. The number of aromatic nitrogens is 2. The first kappa shape index (κ1) is 24.5. The maximum absolute atomic E-state index is 13.7. The van der Waals surface area contributed by atoms with Gasteiger partial charge < -0.3 is 15.0 Å². The summed E-state index contributed by atoms with van der Waals surface area (Å²) in [6, 6.07) is 16.5. The molecule has 0 aliphatic heterocycles. The third-order valence-electron chi connectivity index (χ3n) is 5.39. The average molecular weight is 488 g/mol. The molecule has 4 rings (SSSR count). The molecule has 182 valence electrons. The summed E-state index contributed by atoms with van der Waals surface area (Å²) in [4.78, 5) is 36.8. The lowest BCUT2D eigenvalue weighted by Crippen LogP contribution is -2.41. The van der Waals surface area contributed by atoms with Crippen molar-refractivity contribution in [3.05, 3.63) is 120 Å². The zero-order valence-electron chi connectivity index (χ0n) is 19.3. The molecule has 4 aromatic rings. The standard InChI is InChI=1S/C27H22F2N4O3/c1-36-23-4-2-3-19(15-23)25(26(34)32-22-11-9-21(29)10-12-22)33(17-18-5-7-20(28)8-6-18)27(35)24-16-30-13-14-31-24/h2-16,25H,17H2,1H3,(H,32,34)/t25-/m1/s1. The predicted octanol–water partition coefficient (Wildman–Crippen LogP) is 4.79. The fraction of sp³-hybridized carbons (Fsp3) is 0.111. The Hall–Kier alpha value is -4.66. The van der Waals surface area contributed by atoms with Crippen molar-refractivity contribution in [3.63, 3.8) is 0 Å². The number of ether oxygens (including phenoxy) is 1. The molecule has 1 N–H and O–H groups in total. The van der Waals surface area contributed by atoms with Gasteiger partial charge in [0.25, 0.3) is 11.8 Å². The summed E-state index contributed by atoms with van der Waals surface area (Å²) in [5.41, 5.74) is 1.44. The SMILES string of the molecule is COc1cccc([C@H](C(=O)Nc2ccc(F)cc2)N(Cc2ccc(F)cc2)C(=O)c2cnccn2)c1. The van der Waals surface area contributed by atoms with Crippen LogP contribution >= 0.6 is 0 Å².